The number of nitrogens with one attached hydrogen (secondary N) is 2. The third-order valence-electron chi connectivity index (χ3n) is 8.69. The number of halogens is 2. The molecule has 4 aliphatic rings. The lowest BCUT2D eigenvalue weighted by Gasteiger charge is -2.40. The van der Waals surface area contributed by atoms with Gasteiger partial charge in [0.05, 0.1) is 5.69 Å². The predicted octanol–water partition coefficient (Wildman–Crippen LogP) is 4.71. The molecule has 0 spiro atoms. The highest BCUT2D eigenvalue weighted by Gasteiger charge is 2.48. The maximum atomic E-state index is 13.7. The van der Waals surface area contributed by atoms with Gasteiger partial charge in [-0.25, -0.2) is 13.8 Å². The van der Waals surface area contributed by atoms with Crippen molar-refractivity contribution < 1.29 is 13.6 Å². The van der Waals surface area contributed by atoms with E-state index in [0.29, 0.717) is 24.8 Å². The van der Waals surface area contributed by atoms with E-state index in [1.165, 1.54) is 31.4 Å². The Morgan fingerprint density at radius 3 is 2.61 bits per heavy atom. The second-order valence-electron chi connectivity index (χ2n) is 11.1. The van der Waals surface area contributed by atoms with Crippen LogP contribution < -0.4 is 10.2 Å². The SMILES string of the molecule is C[C@@]1(C(=O)N2CCC(F)(F)CC2)CCCN1c1nc2c(c(Nc3cc(C4CCCC4)[nH]n3)n1)CCC2. The molecule has 2 N–H and O–H groups in total. The highest BCUT2D eigenvalue weighted by atomic mass is 19.3. The van der Waals surface area contributed by atoms with Crippen molar-refractivity contribution in [3.63, 3.8) is 0 Å². The van der Waals surface area contributed by atoms with E-state index in [-0.39, 0.29) is 31.8 Å². The normalized spacial score (nSPS) is 26.0. The van der Waals surface area contributed by atoms with Crippen molar-refractivity contribution in [1.82, 2.24) is 25.1 Å². The highest BCUT2D eigenvalue weighted by Crippen LogP contribution is 2.39. The van der Waals surface area contributed by atoms with Crippen LogP contribution in [0.2, 0.25) is 0 Å². The summed E-state index contributed by atoms with van der Waals surface area (Å²) in [5, 5.41) is 11.2. The molecule has 2 aromatic rings. The number of carbonyl (C=O) groups is 1. The quantitative estimate of drug-likeness (QED) is 0.620. The van der Waals surface area contributed by atoms with Gasteiger partial charge in [0.25, 0.3) is 5.92 Å². The fourth-order valence-electron chi connectivity index (χ4n) is 6.50. The summed E-state index contributed by atoms with van der Waals surface area (Å²) >= 11 is 0. The van der Waals surface area contributed by atoms with E-state index < -0.39 is 11.5 Å². The molecular weight excluding hydrogens is 464 g/mol. The summed E-state index contributed by atoms with van der Waals surface area (Å²) in [6.07, 6.45) is 8.69. The molecule has 0 aromatic carbocycles. The molecule has 1 amide bonds. The first-order valence-electron chi connectivity index (χ1n) is 13.5. The fraction of sp³-hybridized carbons (Fsp3) is 0.692. The average Bonchev–Trinajstić information content (AvgIpc) is 3.65. The first kappa shape index (κ1) is 23.6. The number of piperidine rings is 1. The minimum atomic E-state index is -2.68. The van der Waals surface area contributed by atoms with Crippen LogP contribution in [-0.4, -0.2) is 62.1 Å². The van der Waals surface area contributed by atoms with Crippen molar-refractivity contribution in [2.24, 2.45) is 0 Å². The van der Waals surface area contributed by atoms with E-state index in [1.54, 1.807) is 4.90 Å². The van der Waals surface area contributed by atoms with Crippen LogP contribution in [0.3, 0.4) is 0 Å². The van der Waals surface area contributed by atoms with Gasteiger partial charge in [0.1, 0.15) is 11.4 Å². The van der Waals surface area contributed by atoms with Crippen LogP contribution >= 0.6 is 0 Å². The van der Waals surface area contributed by atoms with Crippen LogP contribution in [0.25, 0.3) is 0 Å². The van der Waals surface area contributed by atoms with Gasteiger partial charge in [-0.15, -0.1) is 0 Å². The zero-order valence-electron chi connectivity index (χ0n) is 21.0. The average molecular weight is 500 g/mol. The van der Waals surface area contributed by atoms with Gasteiger partial charge in [0, 0.05) is 55.7 Å². The molecule has 194 valence electrons. The van der Waals surface area contributed by atoms with Crippen molar-refractivity contribution in [1.29, 1.82) is 0 Å². The highest BCUT2D eigenvalue weighted by molar-refractivity contribution is 5.90. The lowest BCUT2D eigenvalue weighted by atomic mass is 9.95. The molecular formula is C26H35F2N7O. The van der Waals surface area contributed by atoms with Crippen LogP contribution in [-0.2, 0) is 17.6 Å². The Morgan fingerprint density at radius 1 is 1.06 bits per heavy atom. The molecule has 2 aliphatic heterocycles. The monoisotopic (exact) mass is 499 g/mol. The van der Waals surface area contributed by atoms with Gasteiger partial charge in [0.2, 0.25) is 11.9 Å². The Balaban J connectivity index is 1.26. The third kappa shape index (κ3) is 4.22. The zero-order valence-corrected chi connectivity index (χ0v) is 21.0. The van der Waals surface area contributed by atoms with Crippen LogP contribution in [0.4, 0.5) is 26.4 Å². The number of likely N-dealkylation sites (tertiary alicyclic amines) is 1. The molecule has 4 heterocycles. The van der Waals surface area contributed by atoms with E-state index in [1.807, 2.05) is 11.8 Å². The van der Waals surface area contributed by atoms with E-state index in [0.717, 1.165) is 48.6 Å². The minimum absolute atomic E-state index is 0.0929. The van der Waals surface area contributed by atoms with Crippen LogP contribution in [0.5, 0.6) is 0 Å². The number of carbonyl (C=O) groups excluding carboxylic acids is 1. The van der Waals surface area contributed by atoms with Crippen molar-refractivity contribution >= 4 is 23.5 Å². The summed E-state index contributed by atoms with van der Waals surface area (Å²) in [5.74, 6) is -0.170. The van der Waals surface area contributed by atoms with Gasteiger partial charge < -0.3 is 15.1 Å². The number of aromatic nitrogens is 4. The maximum Gasteiger partial charge on any atom is 0.251 e. The molecule has 0 radical (unpaired) electrons. The van der Waals surface area contributed by atoms with E-state index in [9.17, 15) is 13.6 Å². The number of hydrogen-bond donors (Lipinski definition) is 2. The Labute approximate surface area is 210 Å². The first-order chi connectivity index (χ1) is 17.3. The number of rotatable bonds is 5. The second kappa shape index (κ2) is 8.95. The summed E-state index contributed by atoms with van der Waals surface area (Å²) in [7, 11) is 0. The summed E-state index contributed by atoms with van der Waals surface area (Å²) in [6.45, 7) is 2.77. The van der Waals surface area contributed by atoms with Crippen molar-refractivity contribution in [3.05, 3.63) is 23.0 Å². The number of alkyl halides is 2. The topological polar surface area (TPSA) is 90.0 Å². The van der Waals surface area contributed by atoms with E-state index >= 15 is 0 Å². The fourth-order valence-corrected chi connectivity index (χ4v) is 6.50. The number of H-pyrrole nitrogens is 1. The van der Waals surface area contributed by atoms with Crippen molar-refractivity contribution in [3.8, 4) is 0 Å². The summed E-state index contributed by atoms with van der Waals surface area (Å²) in [5.41, 5.74) is 2.48. The van der Waals surface area contributed by atoms with Gasteiger partial charge in [-0.3, -0.25) is 9.89 Å². The number of anilines is 3. The molecule has 3 fully saturated rings. The molecule has 0 unspecified atom stereocenters. The summed E-state index contributed by atoms with van der Waals surface area (Å²) < 4.78 is 27.4. The lowest BCUT2D eigenvalue weighted by molar-refractivity contribution is -0.142. The molecule has 6 rings (SSSR count). The standard InChI is InChI=1S/C26H35F2N7O/c1-25(23(36)34-14-11-26(27,28)12-15-34)10-5-13-35(25)24-29-19-9-4-8-18(19)22(31-24)30-21-16-20(32-33-21)17-6-2-3-7-17/h16-17H,2-15H2,1H3,(H2,29,30,31,32,33)/t25-/m0/s1. The van der Waals surface area contributed by atoms with Gasteiger partial charge in [0.15, 0.2) is 5.82 Å². The molecule has 8 nitrogen and oxygen atoms in total. The van der Waals surface area contributed by atoms with E-state index in [4.69, 9.17) is 9.97 Å². The smallest absolute Gasteiger partial charge is 0.251 e. The zero-order chi connectivity index (χ0) is 24.9. The lowest BCUT2D eigenvalue weighted by Crippen LogP contribution is -2.57. The Hall–Kier alpha value is -2.78. The molecule has 2 aromatic heterocycles. The number of aromatic amines is 1. The van der Waals surface area contributed by atoms with Crippen molar-refractivity contribution in [2.75, 3.05) is 29.9 Å². The molecule has 0 bridgehead atoms. The van der Waals surface area contributed by atoms with Gasteiger partial charge in [-0.2, -0.15) is 10.1 Å². The molecule has 2 saturated heterocycles. The molecule has 36 heavy (non-hydrogen) atoms. The van der Waals surface area contributed by atoms with Crippen LogP contribution in [0.15, 0.2) is 6.07 Å². The summed E-state index contributed by atoms with van der Waals surface area (Å²) in [4.78, 5) is 27.1. The number of aryl methyl sites for hydroxylation is 1. The number of amides is 1. The predicted molar refractivity (Wildman–Crippen MR) is 133 cm³/mol. The third-order valence-corrected chi connectivity index (χ3v) is 8.69. The van der Waals surface area contributed by atoms with Gasteiger partial charge in [-0.1, -0.05) is 12.8 Å². The Morgan fingerprint density at radius 2 is 1.83 bits per heavy atom. The summed E-state index contributed by atoms with van der Waals surface area (Å²) in [6, 6.07) is 2.09. The molecule has 2 aliphatic carbocycles. The van der Waals surface area contributed by atoms with Crippen LogP contribution in [0.1, 0.15) is 87.6 Å². The van der Waals surface area contributed by atoms with Crippen molar-refractivity contribution in [2.45, 2.75) is 94.9 Å². The largest absolute Gasteiger partial charge is 0.340 e. The second-order valence-corrected chi connectivity index (χ2v) is 11.1. The number of nitrogens with zero attached hydrogens (tertiary/aromatic N) is 5. The maximum absolute atomic E-state index is 13.7. The Bertz CT molecular complexity index is 1140. The Kier molecular flexibility index (Phi) is 5.87. The van der Waals surface area contributed by atoms with Gasteiger partial charge >= 0.3 is 0 Å². The minimum Gasteiger partial charge on any atom is -0.340 e. The molecule has 10 heteroatoms. The number of hydrogen-bond acceptors (Lipinski definition) is 6. The molecule has 1 saturated carbocycles. The first-order valence-corrected chi connectivity index (χ1v) is 13.5. The van der Waals surface area contributed by atoms with Gasteiger partial charge in [-0.05, 0) is 51.9 Å². The van der Waals surface area contributed by atoms with Crippen LogP contribution in [0, 0.1) is 0 Å². The number of fused-ring (bicyclic) bond motifs is 1. The molecule has 1 atom stereocenters. The van der Waals surface area contributed by atoms with E-state index in [2.05, 4.69) is 21.6 Å².